The van der Waals surface area contributed by atoms with Gasteiger partial charge in [-0.3, -0.25) is 14.5 Å². The van der Waals surface area contributed by atoms with Gasteiger partial charge in [0.1, 0.15) is 17.9 Å². The summed E-state index contributed by atoms with van der Waals surface area (Å²) >= 11 is 6.26. The summed E-state index contributed by atoms with van der Waals surface area (Å²) in [5.74, 6) is -0.0946. The highest BCUT2D eigenvalue weighted by molar-refractivity contribution is 6.31. The van der Waals surface area contributed by atoms with Gasteiger partial charge in [-0.25, -0.2) is 0 Å². The first-order valence-corrected chi connectivity index (χ1v) is 15.4. The van der Waals surface area contributed by atoms with E-state index in [-0.39, 0.29) is 35.3 Å². The van der Waals surface area contributed by atoms with Gasteiger partial charge < -0.3 is 24.4 Å². The van der Waals surface area contributed by atoms with Crippen LogP contribution in [0.25, 0.3) is 0 Å². The molecule has 2 fully saturated rings. The highest BCUT2D eigenvalue weighted by atomic mass is 35.5. The Morgan fingerprint density at radius 1 is 1.07 bits per heavy atom. The van der Waals surface area contributed by atoms with Gasteiger partial charge in [0.2, 0.25) is 0 Å². The number of rotatable bonds is 11. The van der Waals surface area contributed by atoms with Crippen molar-refractivity contribution in [3.05, 3.63) is 58.1 Å². The van der Waals surface area contributed by atoms with Gasteiger partial charge in [-0.1, -0.05) is 39.3 Å². The average Bonchev–Trinajstić information content (AvgIpc) is 3.27. The van der Waals surface area contributed by atoms with E-state index in [1.807, 2.05) is 11.0 Å². The summed E-state index contributed by atoms with van der Waals surface area (Å²) in [6.07, 6.45) is 0.538. The quantitative estimate of drug-likeness (QED) is 0.353. The third-order valence-electron chi connectivity index (χ3n) is 9.28. The van der Waals surface area contributed by atoms with E-state index < -0.39 is 5.97 Å². The normalized spacial score (nSPS) is 22.6. The Kier molecular flexibility index (Phi) is 8.94. The first kappa shape index (κ1) is 31.1. The molecule has 1 amide bonds. The van der Waals surface area contributed by atoms with Crippen LogP contribution in [0.1, 0.15) is 62.0 Å². The molecule has 1 aliphatic carbocycles. The molecule has 1 saturated carbocycles. The number of hydrogen-bond acceptors (Lipinski definition) is 7. The number of benzene rings is 2. The molecule has 2 aromatic carbocycles. The summed E-state index contributed by atoms with van der Waals surface area (Å²) in [6, 6.07) is 13.4. The monoisotopic (exact) mass is 608 g/mol. The maximum Gasteiger partial charge on any atom is 0.303 e. The van der Waals surface area contributed by atoms with Gasteiger partial charge in [0.25, 0.3) is 5.91 Å². The second kappa shape index (κ2) is 12.4. The fourth-order valence-corrected chi connectivity index (χ4v) is 7.81. The Morgan fingerprint density at radius 3 is 2.44 bits per heavy atom. The number of carboxylic acid groups (broad SMARTS) is 1. The van der Waals surface area contributed by atoms with Crippen molar-refractivity contribution in [1.29, 1.82) is 5.26 Å². The SMILES string of the molecule is CC1(C)C(Oc2ccc(C#N)c(Cl)c2)C(C)(C)C1N1Cc2cc(N3CCN(CCOCCCC(=O)O)CC3)ccc2C1=O. The Morgan fingerprint density at radius 2 is 1.79 bits per heavy atom. The van der Waals surface area contributed by atoms with Gasteiger partial charge in [-0.05, 0) is 42.3 Å². The highest BCUT2D eigenvalue weighted by Crippen LogP contribution is 2.59. The Labute approximate surface area is 258 Å². The number of fused-ring (bicyclic) bond motifs is 1. The summed E-state index contributed by atoms with van der Waals surface area (Å²) < 4.78 is 12.1. The third-order valence-corrected chi connectivity index (χ3v) is 9.59. The lowest BCUT2D eigenvalue weighted by Gasteiger charge is -2.65. The van der Waals surface area contributed by atoms with E-state index in [0.717, 1.165) is 49.5 Å². The third kappa shape index (κ3) is 6.19. The van der Waals surface area contributed by atoms with Crippen LogP contribution >= 0.6 is 11.6 Å². The zero-order valence-corrected chi connectivity index (χ0v) is 26.2. The predicted molar refractivity (Wildman–Crippen MR) is 165 cm³/mol. The number of hydrogen-bond donors (Lipinski definition) is 1. The van der Waals surface area contributed by atoms with Crippen LogP contribution in [0.2, 0.25) is 5.02 Å². The molecular formula is C33H41ClN4O5. The molecule has 0 bridgehead atoms. The van der Waals surface area contributed by atoms with Crippen LogP contribution < -0.4 is 9.64 Å². The van der Waals surface area contributed by atoms with Crippen LogP contribution in [0.15, 0.2) is 36.4 Å². The van der Waals surface area contributed by atoms with Crippen LogP contribution in [0.5, 0.6) is 5.75 Å². The van der Waals surface area contributed by atoms with Crippen LogP contribution in [-0.4, -0.2) is 84.9 Å². The Balaban J connectivity index is 1.18. The molecule has 230 valence electrons. The number of carbonyl (C=O) groups is 2. The number of piperazine rings is 1. The van der Waals surface area contributed by atoms with Gasteiger partial charge in [-0.2, -0.15) is 5.26 Å². The van der Waals surface area contributed by atoms with Crippen molar-refractivity contribution in [2.75, 3.05) is 50.8 Å². The van der Waals surface area contributed by atoms with Crippen LogP contribution in [0.3, 0.4) is 0 Å². The van der Waals surface area contributed by atoms with Crippen LogP contribution in [0.4, 0.5) is 5.69 Å². The zero-order chi connectivity index (χ0) is 30.9. The number of nitrogens with zero attached hydrogens (tertiary/aromatic N) is 4. The van der Waals surface area contributed by atoms with Crippen LogP contribution in [0, 0.1) is 22.2 Å². The van der Waals surface area contributed by atoms with E-state index in [9.17, 15) is 14.9 Å². The average molecular weight is 609 g/mol. The molecule has 43 heavy (non-hydrogen) atoms. The number of amides is 1. The van der Waals surface area contributed by atoms with Gasteiger partial charge in [-0.15, -0.1) is 0 Å². The van der Waals surface area contributed by atoms with Gasteiger partial charge in [0, 0.05) is 86.5 Å². The van der Waals surface area contributed by atoms with Crippen molar-refractivity contribution < 1.29 is 24.2 Å². The van der Waals surface area contributed by atoms with Crippen molar-refractivity contribution in [2.24, 2.45) is 10.8 Å². The minimum absolute atomic E-state index is 0.0166. The van der Waals surface area contributed by atoms with Crippen molar-refractivity contribution >= 4 is 29.2 Å². The Bertz CT molecular complexity index is 1400. The lowest BCUT2D eigenvalue weighted by molar-refractivity contribution is -0.199. The van der Waals surface area contributed by atoms with Crippen molar-refractivity contribution in [2.45, 2.75) is 59.2 Å². The maximum absolute atomic E-state index is 13.7. The van der Waals surface area contributed by atoms with Gasteiger partial charge in [0.05, 0.1) is 17.2 Å². The van der Waals surface area contributed by atoms with E-state index in [4.69, 9.17) is 26.2 Å². The fourth-order valence-electron chi connectivity index (χ4n) is 7.60. The first-order chi connectivity index (χ1) is 20.4. The molecule has 2 aliphatic heterocycles. The van der Waals surface area contributed by atoms with E-state index in [2.05, 4.69) is 55.7 Å². The maximum atomic E-state index is 13.7. The molecule has 5 rings (SSSR count). The molecule has 0 spiro atoms. The van der Waals surface area contributed by atoms with E-state index in [0.29, 0.717) is 42.5 Å². The van der Waals surface area contributed by atoms with Gasteiger partial charge >= 0.3 is 5.97 Å². The zero-order valence-electron chi connectivity index (χ0n) is 25.4. The number of ether oxygens (including phenoxy) is 2. The molecule has 10 heteroatoms. The molecule has 1 N–H and O–H groups in total. The van der Waals surface area contributed by atoms with Crippen molar-refractivity contribution in [3.63, 3.8) is 0 Å². The lowest BCUT2D eigenvalue weighted by atomic mass is 9.49. The molecule has 3 aliphatic rings. The Hall–Kier alpha value is -3.32. The minimum atomic E-state index is -0.787. The minimum Gasteiger partial charge on any atom is -0.489 e. The second-order valence-corrected chi connectivity index (χ2v) is 13.4. The highest BCUT2D eigenvalue weighted by Gasteiger charge is 2.67. The molecular weight excluding hydrogens is 568 g/mol. The second-order valence-electron chi connectivity index (χ2n) is 13.0. The topological polar surface area (TPSA) is 106 Å². The van der Waals surface area contributed by atoms with Crippen molar-refractivity contribution in [1.82, 2.24) is 9.80 Å². The van der Waals surface area contributed by atoms with Crippen molar-refractivity contribution in [3.8, 4) is 11.8 Å². The standard InChI is InChI=1S/C33H41ClN4O5/c1-32(2)30(33(3,4)31(32)43-25-9-7-22(20-35)27(34)19-25)38-21-23-18-24(8-10-26(23)29(38)41)37-13-11-36(12-14-37)15-17-42-16-5-6-28(39)40/h7-10,18-19,30-31H,5-6,11-17,21H2,1-4H3,(H,39,40). The smallest absolute Gasteiger partial charge is 0.303 e. The van der Waals surface area contributed by atoms with E-state index in [1.54, 1.807) is 18.2 Å². The summed E-state index contributed by atoms with van der Waals surface area (Å²) in [6.45, 7) is 14.8. The fraction of sp³-hybridized carbons (Fsp3) is 0.545. The number of carbonyl (C=O) groups excluding carboxylic acids is 1. The number of carboxylic acids is 1. The number of halogens is 1. The van der Waals surface area contributed by atoms with Gasteiger partial charge in [0.15, 0.2) is 0 Å². The molecule has 2 aromatic rings. The number of aliphatic carboxylic acids is 1. The summed E-state index contributed by atoms with van der Waals surface area (Å²) in [5, 5.41) is 18.3. The van der Waals surface area contributed by atoms with E-state index >= 15 is 0 Å². The molecule has 2 heterocycles. The summed E-state index contributed by atoms with van der Waals surface area (Å²) in [5.41, 5.74) is 2.79. The number of anilines is 1. The predicted octanol–water partition coefficient (Wildman–Crippen LogP) is 5.05. The molecule has 1 saturated heterocycles. The van der Waals surface area contributed by atoms with Crippen LogP contribution in [-0.2, 0) is 16.1 Å². The molecule has 0 atom stereocenters. The molecule has 9 nitrogen and oxygen atoms in total. The largest absolute Gasteiger partial charge is 0.489 e. The number of nitriles is 1. The summed E-state index contributed by atoms with van der Waals surface area (Å²) in [7, 11) is 0. The first-order valence-electron chi connectivity index (χ1n) is 15.0. The summed E-state index contributed by atoms with van der Waals surface area (Å²) in [4.78, 5) is 31.1. The molecule has 0 aromatic heterocycles. The molecule has 0 radical (unpaired) electrons. The lowest BCUT2D eigenvalue weighted by Crippen LogP contribution is -2.74. The van der Waals surface area contributed by atoms with E-state index in [1.165, 1.54) is 0 Å². The molecule has 0 unspecified atom stereocenters.